The highest BCUT2D eigenvalue weighted by atomic mass is 16.3. The molecule has 1 saturated heterocycles. The minimum absolute atomic E-state index is 0.538. The number of likely N-dealkylation sites (tertiary alicyclic amines) is 1. The average molecular weight is 247 g/mol. The van der Waals surface area contributed by atoms with Gasteiger partial charge in [0.25, 0.3) is 0 Å². The van der Waals surface area contributed by atoms with E-state index in [0.29, 0.717) is 5.75 Å². The molecule has 1 N–H and O–H groups in total. The zero-order chi connectivity index (χ0) is 12.8. The lowest BCUT2D eigenvalue weighted by atomic mass is 10.0. The van der Waals surface area contributed by atoms with Gasteiger partial charge in [-0.05, 0) is 44.3 Å². The molecule has 0 radical (unpaired) electrons. The molecule has 0 spiro atoms. The van der Waals surface area contributed by atoms with E-state index in [-0.39, 0.29) is 0 Å². The molecule has 1 aliphatic heterocycles. The van der Waals surface area contributed by atoms with E-state index >= 15 is 0 Å². The Morgan fingerprint density at radius 3 is 2.56 bits per heavy atom. The van der Waals surface area contributed by atoms with Gasteiger partial charge in [0.1, 0.15) is 5.75 Å². The largest absolute Gasteiger partial charge is 0.507 e. The van der Waals surface area contributed by atoms with Crippen LogP contribution in [-0.4, -0.2) is 23.1 Å². The maximum absolute atomic E-state index is 10.3. The summed E-state index contributed by atoms with van der Waals surface area (Å²) in [6.45, 7) is 5.46. The van der Waals surface area contributed by atoms with Crippen molar-refractivity contribution in [2.45, 2.75) is 52.0 Å². The second kappa shape index (κ2) is 6.79. The summed E-state index contributed by atoms with van der Waals surface area (Å²) in [6, 6.07) is 6.22. The maximum Gasteiger partial charge on any atom is 0.123 e. The number of hydrogen-bond acceptors (Lipinski definition) is 2. The summed E-state index contributed by atoms with van der Waals surface area (Å²) in [5.41, 5.74) is 2.22. The Kier molecular flexibility index (Phi) is 5.06. The highest BCUT2D eigenvalue weighted by molar-refractivity contribution is 5.40. The van der Waals surface area contributed by atoms with Crippen molar-refractivity contribution in [1.29, 1.82) is 0 Å². The molecule has 1 heterocycles. The highest BCUT2D eigenvalue weighted by Gasteiger charge is 2.13. The number of nitrogens with zero attached hydrogens (tertiary/aromatic N) is 1. The molecule has 0 aliphatic carbocycles. The molecule has 0 bridgehead atoms. The second-order valence-corrected chi connectivity index (χ2v) is 5.37. The van der Waals surface area contributed by atoms with Gasteiger partial charge < -0.3 is 5.11 Å². The van der Waals surface area contributed by atoms with E-state index in [4.69, 9.17) is 0 Å². The summed E-state index contributed by atoms with van der Waals surface area (Å²) in [4.78, 5) is 2.46. The number of unbranched alkanes of at least 4 members (excludes halogenated alkanes) is 1. The highest BCUT2D eigenvalue weighted by Crippen LogP contribution is 2.26. The Morgan fingerprint density at radius 2 is 1.83 bits per heavy atom. The third-order valence-electron chi connectivity index (χ3n) is 3.85. The molecule has 2 rings (SSSR count). The molecule has 1 fully saturated rings. The molecule has 1 aromatic rings. The molecule has 2 nitrogen and oxygen atoms in total. The van der Waals surface area contributed by atoms with Crippen LogP contribution >= 0.6 is 0 Å². The molecular weight excluding hydrogens is 222 g/mol. The number of aromatic hydroxyl groups is 1. The average Bonchev–Trinajstić information content (AvgIpc) is 2.41. The quantitative estimate of drug-likeness (QED) is 0.857. The summed E-state index contributed by atoms with van der Waals surface area (Å²) < 4.78 is 0. The molecule has 0 amide bonds. The van der Waals surface area contributed by atoms with Crippen LogP contribution < -0.4 is 0 Å². The van der Waals surface area contributed by atoms with Gasteiger partial charge in [0.2, 0.25) is 0 Å². The van der Waals surface area contributed by atoms with Gasteiger partial charge in [0, 0.05) is 12.1 Å². The van der Waals surface area contributed by atoms with Crippen LogP contribution in [0.15, 0.2) is 18.2 Å². The van der Waals surface area contributed by atoms with Crippen molar-refractivity contribution in [2.24, 2.45) is 0 Å². The van der Waals surface area contributed by atoms with Crippen molar-refractivity contribution in [3.63, 3.8) is 0 Å². The van der Waals surface area contributed by atoms with Crippen LogP contribution in [0.1, 0.15) is 50.2 Å². The fraction of sp³-hybridized carbons (Fsp3) is 0.625. The lowest BCUT2D eigenvalue weighted by Crippen LogP contribution is -2.29. The van der Waals surface area contributed by atoms with Crippen LogP contribution in [0.2, 0.25) is 0 Å². The first-order valence-electron chi connectivity index (χ1n) is 7.33. The standard InChI is InChI=1S/C16H25NO/c1-2-3-8-14-9-7-10-15(16(14)18)13-17-11-5-4-6-12-17/h7,9-10,18H,2-6,8,11-13H2,1H3. The molecule has 2 heteroatoms. The number of para-hydroxylation sites is 1. The number of aryl methyl sites for hydroxylation is 1. The Bertz CT molecular complexity index is 369. The Morgan fingerprint density at radius 1 is 1.11 bits per heavy atom. The van der Waals surface area contributed by atoms with Crippen molar-refractivity contribution in [3.05, 3.63) is 29.3 Å². The number of hydrogen-bond donors (Lipinski definition) is 1. The van der Waals surface area contributed by atoms with Crippen molar-refractivity contribution < 1.29 is 5.11 Å². The molecular formula is C16H25NO. The monoisotopic (exact) mass is 247 g/mol. The Hall–Kier alpha value is -1.02. The van der Waals surface area contributed by atoms with Crippen LogP contribution in [0.5, 0.6) is 5.75 Å². The van der Waals surface area contributed by atoms with Crippen LogP contribution in [-0.2, 0) is 13.0 Å². The molecule has 1 aliphatic rings. The fourth-order valence-electron chi connectivity index (χ4n) is 2.70. The van der Waals surface area contributed by atoms with E-state index in [1.54, 1.807) is 0 Å². The van der Waals surface area contributed by atoms with Crippen molar-refractivity contribution in [2.75, 3.05) is 13.1 Å². The van der Waals surface area contributed by atoms with Gasteiger partial charge >= 0.3 is 0 Å². The molecule has 0 aromatic heterocycles. The summed E-state index contributed by atoms with van der Waals surface area (Å²) in [5.74, 6) is 0.538. The van der Waals surface area contributed by atoms with Crippen LogP contribution in [0.4, 0.5) is 0 Å². The van der Waals surface area contributed by atoms with Crippen LogP contribution in [0.25, 0.3) is 0 Å². The first-order valence-corrected chi connectivity index (χ1v) is 7.33. The fourth-order valence-corrected chi connectivity index (χ4v) is 2.70. The summed E-state index contributed by atoms with van der Waals surface area (Å²) in [5, 5.41) is 10.3. The molecule has 1 aromatic carbocycles. The number of piperidine rings is 1. The zero-order valence-electron chi connectivity index (χ0n) is 11.5. The lowest BCUT2D eigenvalue weighted by molar-refractivity contribution is 0.218. The number of phenolic OH excluding ortho intramolecular Hbond substituents is 1. The SMILES string of the molecule is CCCCc1cccc(CN2CCCCC2)c1O. The Balaban J connectivity index is 2.02. The summed E-state index contributed by atoms with van der Waals surface area (Å²) in [7, 11) is 0. The first kappa shape index (κ1) is 13.4. The van der Waals surface area contributed by atoms with Gasteiger partial charge in [-0.1, -0.05) is 38.0 Å². The van der Waals surface area contributed by atoms with Gasteiger partial charge in [-0.3, -0.25) is 4.90 Å². The number of benzene rings is 1. The van der Waals surface area contributed by atoms with Gasteiger partial charge in [-0.15, -0.1) is 0 Å². The van der Waals surface area contributed by atoms with Crippen molar-refractivity contribution in [1.82, 2.24) is 4.90 Å². The smallest absolute Gasteiger partial charge is 0.123 e. The molecule has 0 unspecified atom stereocenters. The van der Waals surface area contributed by atoms with E-state index in [2.05, 4.69) is 30.0 Å². The first-order chi connectivity index (χ1) is 8.81. The maximum atomic E-state index is 10.3. The second-order valence-electron chi connectivity index (χ2n) is 5.37. The summed E-state index contributed by atoms with van der Waals surface area (Å²) >= 11 is 0. The molecule has 0 saturated carbocycles. The minimum atomic E-state index is 0.538. The lowest BCUT2D eigenvalue weighted by Gasteiger charge is -2.27. The zero-order valence-corrected chi connectivity index (χ0v) is 11.5. The predicted molar refractivity (Wildman–Crippen MR) is 75.8 cm³/mol. The predicted octanol–water partition coefficient (Wildman–Crippen LogP) is 3.72. The van der Waals surface area contributed by atoms with E-state index in [1.165, 1.54) is 38.8 Å². The molecule has 100 valence electrons. The molecule has 0 atom stereocenters. The van der Waals surface area contributed by atoms with E-state index in [1.807, 2.05) is 0 Å². The van der Waals surface area contributed by atoms with E-state index in [9.17, 15) is 5.11 Å². The molecule has 18 heavy (non-hydrogen) atoms. The van der Waals surface area contributed by atoms with Crippen LogP contribution in [0.3, 0.4) is 0 Å². The summed E-state index contributed by atoms with van der Waals surface area (Å²) in [6.07, 6.45) is 7.29. The normalized spacial score (nSPS) is 16.9. The van der Waals surface area contributed by atoms with Crippen LogP contribution in [0, 0.1) is 0 Å². The third-order valence-corrected chi connectivity index (χ3v) is 3.85. The number of phenols is 1. The topological polar surface area (TPSA) is 23.5 Å². The number of rotatable bonds is 5. The Labute approximate surface area is 111 Å². The van der Waals surface area contributed by atoms with Gasteiger partial charge in [-0.2, -0.15) is 0 Å². The van der Waals surface area contributed by atoms with Gasteiger partial charge in [-0.25, -0.2) is 0 Å². The van der Waals surface area contributed by atoms with Gasteiger partial charge in [0.15, 0.2) is 0 Å². The van der Waals surface area contributed by atoms with E-state index < -0.39 is 0 Å². The van der Waals surface area contributed by atoms with Crippen molar-refractivity contribution >= 4 is 0 Å². The minimum Gasteiger partial charge on any atom is -0.507 e. The van der Waals surface area contributed by atoms with E-state index in [0.717, 1.165) is 30.5 Å². The third kappa shape index (κ3) is 3.49. The van der Waals surface area contributed by atoms with Gasteiger partial charge in [0.05, 0.1) is 0 Å². The van der Waals surface area contributed by atoms with Crippen molar-refractivity contribution in [3.8, 4) is 5.75 Å².